The predicted molar refractivity (Wildman–Crippen MR) is 131 cm³/mol. The van der Waals surface area contributed by atoms with E-state index in [4.69, 9.17) is 9.29 Å². The second-order valence-electron chi connectivity index (χ2n) is 7.82. The second kappa shape index (κ2) is 11.6. The van der Waals surface area contributed by atoms with Gasteiger partial charge < -0.3 is 4.74 Å². The minimum atomic E-state index is -4.22. The van der Waals surface area contributed by atoms with Crippen molar-refractivity contribution in [1.82, 2.24) is 0 Å². The average Bonchev–Trinajstić information content (AvgIpc) is 2.85. The first-order valence-electron chi connectivity index (χ1n) is 11.0. The maximum atomic E-state index is 13.0. The van der Waals surface area contributed by atoms with Crippen LogP contribution in [0.3, 0.4) is 0 Å². The molecule has 0 saturated heterocycles. The van der Waals surface area contributed by atoms with E-state index < -0.39 is 34.4 Å². The molecule has 178 valence electrons. The second-order valence-corrected chi connectivity index (χ2v) is 12.4. The molecule has 5 nitrogen and oxygen atoms in total. The van der Waals surface area contributed by atoms with Gasteiger partial charge in [0.05, 0.1) is 0 Å². The monoisotopic (exact) mass is 599 g/mol. The minimum Gasteiger partial charge on any atom is -0.464 e. The zero-order chi connectivity index (χ0) is 24.7. The highest BCUT2D eigenvalue weighted by atomic mass is 127. The molecule has 1 atom stereocenters. The Morgan fingerprint density at radius 1 is 0.743 bits per heavy atom. The summed E-state index contributed by atoms with van der Waals surface area (Å²) in [6.45, 7) is -0.411. The van der Waals surface area contributed by atoms with Gasteiger partial charge in [-0.1, -0.05) is 78.9 Å². The molecule has 0 saturated carbocycles. The van der Waals surface area contributed by atoms with Crippen LogP contribution in [0.15, 0.2) is 109 Å². The van der Waals surface area contributed by atoms with Crippen molar-refractivity contribution in [1.29, 1.82) is 0 Å². The van der Waals surface area contributed by atoms with Crippen molar-refractivity contribution in [2.75, 3.05) is 12.4 Å². The Morgan fingerprint density at radius 2 is 1.31 bits per heavy atom. The van der Waals surface area contributed by atoms with Crippen molar-refractivity contribution < 1.29 is 43.7 Å². The first kappa shape index (κ1) is 25.1. The molecular weight excluding hydrogens is 575 g/mol. The van der Waals surface area contributed by atoms with Crippen LogP contribution in [0.5, 0.6) is 0 Å². The maximum absolute atomic E-state index is 13.0. The summed E-state index contributed by atoms with van der Waals surface area (Å²) in [4.78, 5) is 13.0. The van der Waals surface area contributed by atoms with Gasteiger partial charge in [-0.25, -0.2) is 0 Å². The molecule has 35 heavy (non-hydrogen) atoms. The highest BCUT2D eigenvalue weighted by Gasteiger charge is 2.25. The molecule has 0 aliphatic heterocycles. The minimum absolute atomic E-state index is 0.309. The summed E-state index contributed by atoms with van der Waals surface area (Å²) in [5.41, 5.74) is 3.53. The van der Waals surface area contributed by atoms with Gasteiger partial charge in [-0.2, -0.15) is 8.42 Å². The molecule has 1 N–H and O–H groups in total. The van der Waals surface area contributed by atoms with Gasteiger partial charge in [-0.3, -0.25) is 9.35 Å². The van der Waals surface area contributed by atoms with Crippen molar-refractivity contribution in [3.8, 4) is 11.1 Å². The van der Waals surface area contributed by atoms with Gasteiger partial charge in [0.1, 0.15) is 18.3 Å². The summed E-state index contributed by atoms with van der Waals surface area (Å²) in [5.74, 6) is -1.93. The molecule has 4 rings (SSSR count). The quantitative estimate of drug-likeness (QED) is 0.181. The lowest BCUT2D eigenvalue weighted by Gasteiger charge is -2.18. The number of rotatable bonds is 9. The van der Waals surface area contributed by atoms with Crippen LogP contribution in [0.2, 0.25) is 0 Å². The summed E-state index contributed by atoms with van der Waals surface area (Å²) in [5, 5.41) is 0. The van der Waals surface area contributed by atoms with E-state index in [9.17, 15) is 13.2 Å². The Balaban J connectivity index is 1.62. The zero-order valence-electron chi connectivity index (χ0n) is 18.8. The van der Waals surface area contributed by atoms with E-state index in [0.717, 1.165) is 22.3 Å². The van der Waals surface area contributed by atoms with E-state index in [0.29, 0.717) is 0 Å². The highest BCUT2D eigenvalue weighted by Crippen LogP contribution is 2.30. The third-order valence-electron chi connectivity index (χ3n) is 5.28. The van der Waals surface area contributed by atoms with Crippen molar-refractivity contribution >= 4 is 16.1 Å². The van der Waals surface area contributed by atoms with Gasteiger partial charge >= 0.3 is 27.2 Å². The van der Waals surface area contributed by atoms with Gasteiger partial charge in [0.15, 0.2) is 7.14 Å². The molecule has 0 aliphatic carbocycles. The summed E-state index contributed by atoms with van der Waals surface area (Å²) in [7, 11) is -4.22. The molecule has 4 aromatic rings. The van der Waals surface area contributed by atoms with Crippen LogP contribution in [0.1, 0.15) is 17.0 Å². The lowest BCUT2D eigenvalue weighted by atomic mass is 9.89. The maximum Gasteiger partial charge on any atom is 0.357 e. The molecule has 0 heterocycles. The van der Waals surface area contributed by atoms with Crippen LogP contribution >= 0.6 is 0 Å². The Bertz CT molecular complexity index is 1390. The smallest absolute Gasteiger partial charge is 0.357 e. The number of hydrogen-bond donors (Lipinski definition) is 1. The SMILES string of the molecule is O=C(OCCS(=O)(=O)O)C(c1ccccc1)c1cccc(-c2cccc([I+]c3ccccc3)c2)c1. The standard InChI is InChI=1S/C28H23IO5S/c30-28(34-17-18-35(31,32)33)27(21-9-3-1-4-10-21)24-13-7-11-22(19-24)23-12-8-16-26(20-23)29-25-14-5-2-6-15-25/h1-16,19-20,27H,17-18H2/p+1. The lowest BCUT2D eigenvalue weighted by Crippen LogP contribution is -3.61. The van der Waals surface area contributed by atoms with Crippen LogP contribution in [-0.4, -0.2) is 31.3 Å². The summed E-state index contributed by atoms with van der Waals surface area (Å²) < 4.78 is 38.9. The van der Waals surface area contributed by atoms with E-state index in [1.54, 1.807) is 0 Å². The Labute approximate surface area is 215 Å². The molecule has 0 radical (unpaired) electrons. The lowest BCUT2D eigenvalue weighted by molar-refractivity contribution is -0.597. The number of halogens is 1. The van der Waals surface area contributed by atoms with E-state index in [1.165, 1.54) is 7.14 Å². The highest BCUT2D eigenvalue weighted by molar-refractivity contribution is 7.85. The third kappa shape index (κ3) is 7.24. The molecule has 0 bridgehead atoms. The Morgan fingerprint density at radius 3 is 2.00 bits per heavy atom. The fraction of sp³-hybridized carbons (Fsp3) is 0.107. The normalized spacial score (nSPS) is 12.1. The Kier molecular flexibility index (Phi) is 8.33. The molecule has 0 spiro atoms. The molecule has 0 fully saturated rings. The van der Waals surface area contributed by atoms with Crippen LogP contribution in [-0.2, 0) is 19.6 Å². The molecule has 1 unspecified atom stereocenters. The van der Waals surface area contributed by atoms with Crippen molar-refractivity contribution in [2.24, 2.45) is 0 Å². The first-order chi connectivity index (χ1) is 16.9. The summed E-state index contributed by atoms with van der Waals surface area (Å²) in [6.07, 6.45) is 0. The number of carbonyl (C=O) groups is 1. The summed E-state index contributed by atoms with van der Waals surface area (Å²) in [6, 6.07) is 35.9. The van der Waals surface area contributed by atoms with Gasteiger partial charge in [0, 0.05) is 0 Å². The predicted octanol–water partition coefficient (Wildman–Crippen LogP) is 2.04. The molecule has 0 aliphatic rings. The fourth-order valence-corrected chi connectivity index (χ4v) is 6.34. The van der Waals surface area contributed by atoms with Gasteiger partial charge in [0.25, 0.3) is 10.1 Å². The Hall–Kier alpha value is -3.01. The topological polar surface area (TPSA) is 80.7 Å². The first-order valence-corrected chi connectivity index (χ1v) is 14.7. The van der Waals surface area contributed by atoms with Crippen LogP contribution in [0, 0.1) is 7.14 Å². The largest absolute Gasteiger partial charge is 0.464 e. The van der Waals surface area contributed by atoms with Crippen LogP contribution in [0.4, 0.5) is 0 Å². The fourth-order valence-electron chi connectivity index (χ4n) is 3.67. The molecule has 0 amide bonds. The molecular formula is C28H24IO5S+. The van der Waals surface area contributed by atoms with E-state index in [1.807, 2.05) is 60.7 Å². The van der Waals surface area contributed by atoms with E-state index >= 15 is 0 Å². The van der Waals surface area contributed by atoms with Gasteiger partial charge in [0.2, 0.25) is 0 Å². The van der Waals surface area contributed by atoms with Gasteiger partial charge in [-0.05, 0) is 52.6 Å². The van der Waals surface area contributed by atoms with E-state index in [-0.39, 0.29) is 21.2 Å². The number of esters is 1. The number of benzene rings is 4. The molecule has 4 aromatic carbocycles. The van der Waals surface area contributed by atoms with Crippen LogP contribution in [0.25, 0.3) is 11.1 Å². The van der Waals surface area contributed by atoms with Crippen molar-refractivity contribution in [3.63, 3.8) is 0 Å². The average molecular weight is 599 g/mol. The zero-order valence-corrected chi connectivity index (χ0v) is 21.7. The van der Waals surface area contributed by atoms with Crippen molar-refractivity contribution in [3.05, 3.63) is 127 Å². The summed E-state index contributed by atoms with van der Waals surface area (Å²) >= 11 is -0.309. The third-order valence-corrected chi connectivity index (χ3v) is 8.60. The number of carbonyl (C=O) groups excluding carboxylic acids is 1. The molecule has 0 aromatic heterocycles. The number of hydrogen-bond acceptors (Lipinski definition) is 4. The number of ether oxygens (including phenoxy) is 1. The van der Waals surface area contributed by atoms with E-state index in [2.05, 4.69) is 48.5 Å². The molecule has 7 heteroatoms. The van der Waals surface area contributed by atoms with Crippen molar-refractivity contribution in [2.45, 2.75) is 5.92 Å². The van der Waals surface area contributed by atoms with Gasteiger partial charge in [-0.15, -0.1) is 0 Å². The van der Waals surface area contributed by atoms with Crippen LogP contribution < -0.4 is 21.2 Å².